The second kappa shape index (κ2) is 4.26. The van der Waals surface area contributed by atoms with Gasteiger partial charge in [-0.25, -0.2) is 10.5 Å². The Labute approximate surface area is 55.9 Å². The normalized spacial score (nSPS) is 11.2. The maximum atomic E-state index is 3.88. The van der Waals surface area contributed by atoms with E-state index in [1.54, 1.807) is 19.2 Å². The summed E-state index contributed by atoms with van der Waals surface area (Å²) >= 11 is 0. The van der Waals surface area contributed by atoms with Crippen LogP contribution in [0.4, 0.5) is 0 Å². The molecule has 4 nitrogen and oxygen atoms in total. The molecule has 0 bridgehead atoms. The van der Waals surface area contributed by atoms with Crippen molar-refractivity contribution >= 4 is 0 Å². The van der Waals surface area contributed by atoms with Crippen LogP contribution in [0.1, 0.15) is 13.8 Å². The minimum absolute atomic E-state index is 0.265. The van der Waals surface area contributed by atoms with Crippen LogP contribution in [0.3, 0.4) is 0 Å². The zero-order valence-corrected chi connectivity index (χ0v) is 6.42. The zero-order chi connectivity index (χ0) is 7.28. The molecule has 0 radical (unpaired) electrons. The Balaban J connectivity index is 3.43. The number of hydrogen-bond donors (Lipinski definition) is 1. The van der Waals surface area contributed by atoms with Crippen LogP contribution in [0.15, 0.2) is 10.3 Å². The van der Waals surface area contributed by atoms with Gasteiger partial charge >= 0.3 is 0 Å². The first-order chi connectivity index (χ1) is 4.16. The Bertz CT molecular complexity index is 89.0. The summed E-state index contributed by atoms with van der Waals surface area (Å²) in [6.07, 6.45) is 0. The van der Waals surface area contributed by atoms with Crippen molar-refractivity contribution in [3.05, 3.63) is 0 Å². The van der Waals surface area contributed by atoms with Crippen LogP contribution < -0.4 is 5.43 Å². The molecule has 4 heteroatoms. The van der Waals surface area contributed by atoms with Crippen LogP contribution in [0.2, 0.25) is 0 Å². The lowest BCUT2D eigenvalue weighted by Gasteiger charge is -2.07. The SMILES string of the molecule is CNN(C)/N=N\C(C)C. The molecule has 0 saturated carbocycles. The van der Waals surface area contributed by atoms with Crippen molar-refractivity contribution in [2.45, 2.75) is 19.9 Å². The molecule has 9 heavy (non-hydrogen) atoms. The summed E-state index contributed by atoms with van der Waals surface area (Å²) in [5, 5.41) is 9.23. The molecule has 0 unspecified atom stereocenters. The van der Waals surface area contributed by atoms with Gasteiger partial charge in [-0.15, -0.1) is 0 Å². The second-order valence-corrected chi connectivity index (χ2v) is 2.05. The number of hydrogen-bond acceptors (Lipinski definition) is 3. The summed E-state index contributed by atoms with van der Waals surface area (Å²) < 4.78 is 0. The standard InChI is InChI=1S/C5H14N4/c1-5(2)7-8-9(4)6-3/h5-6H,1-4H3/b8-7-. The van der Waals surface area contributed by atoms with E-state index in [9.17, 15) is 0 Å². The smallest absolute Gasteiger partial charge is 0.0674 e. The van der Waals surface area contributed by atoms with Crippen molar-refractivity contribution in [1.82, 2.24) is 10.5 Å². The summed E-state index contributed by atoms with van der Waals surface area (Å²) in [7, 11) is 3.59. The molecule has 0 rings (SSSR count). The molecule has 0 heterocycles. The van der Waals surface area contributed by atoms with Gasteiger partial charge in [0.05, 0.1) is 6.04 Å². The first kappa shape index (κ1) is 8.36. The molecule has 0 fully saturated rings. The maximum absolute atomic E-state index is 3.88. The molecule has 0 aliphatic rings. The van der Waals surface area contributed by atoms with E-state index in [0.29, 0.717) is 0 Å². The lowest BCUT2D eigenvalue weighted by Crippen LogP contribution is -2.24. The summed E-state index contributed by atoms with van der Waals surface area (Å²) in [6.45, 7) is 3.96. The molecule has 0 aromatic heterocycles. The van der Waals surface area contributed by atoms with Gasteiger partial charge in [0.15, 0.2) is 0 Å². The second-order valence-electron chi connectivity index (χ2n) is 2.05. The fourth-order valence-electron chi connectivity index (χ4n) is 0.225. The van der Waals surface area contributed by atoms with E-state index in [-0.39, 0.29) is 6.04 Å². The average molecular weight is 130 g/mol. The Morgan fingerprint density at radius 2 is 2.00 bits per heavy atom. The third-order valence-electron chi connectivity index (χ3n) is 0.740. The van der Waals surface area contributed by atoms with Crippen LogP contribution in [0.5, 0.6) is 0 Å². The lowest BCUT2D eigenvalue weighted by molar-refractivity contribution is 0.248. The van der Waals surface area contributed by atoms with Gasteiger partial charge in [-0.05, 0) is 13.8 Å². The fraction of sp³-hybridized carbons (Fsp3) is 1.00. The summed E-state index contributed by atoms with van der Waals surface area (Å²) in [4.78, 5) is 0. The number of rotatable bonds is 3. The molecule has 0 spiro atoms. The van der Waals surface area contributed by atoms with Crippen molar-refractivity contribution in [3.63, 3.8) is 0 Å². The molecular formula is C5H14N4. The quantitative estimate of drug-likeness (QED) is 0.454. The van der Waals surface area contributed by atoms with Crippen molar-refractivity contribution < 1.29 is 0 Å². The molecule has 0 aromatic carbocycles. The minimum Gasteiger partial charge on any atom is -0.220 e. The average Bonchev–Trinajstić information content (AvgIpc) is 1.83. The molecule has 0 aromatic rings. The van der Waals surface area contributed by atoms with Crippen molar-refractivity contribution in [2.24, 2.45) is 10.3 Å². The van der Waals surface area contributed by atoms with Gasteiger partial charge in [0.1, 0.15) is 0 Å². The Morgan fingerprint density at radius 1 is 1.44 bits per heavy atom. The van der Waals surface area contributed by atoms with Gasteiger partial charge in [0.25, 0.3) is 0 Å². The molecular weight excluding hydrogens is 116 g/mol. The van der Waals surface area contributed by atoms with Gasteiger partial charge in [0.2, 0.25) is 0 Å². The molecule has 0 amide bonds. The molecule has 1 N–H and O–H groups in total. The van der Waals surface area contributed by atoms with Gasteiger partial charge in [-0.2, -0.15) is 5.11 Å². The van der Waals surface area contributed by atoms with Crippen LogP contribution in [-0.2, 0) is 0 Å². The predicted molar refractivity (Wildman–Crippen MR) is 36.8 cm³/mol. The highest BCUT2D eigenvalue weighted by molar-refractivity contribution is 4.41. The highest BCUT2D eigenvalue weighted by Gasteiger charge is 1.86. The van der Waals surface area contributed by atoms with Gasteiger partial charge < -0.3 is 0 Å². The van der Waals surface area contributed by atoms with E-state index in [1.807, 2.05) is 13.8 Å². The Kier molecular flexibility index (Phi) is 3.96. The van der Waals surface area contributed by atoms with E-state index < -0.39 is 0 Å². The lowest BCUT2D eigenvalue weighted by atomic mass is 10.4. The molecule has 0 saturated heterocycles. The highest BCUT2D eigenvalue weighted by atomic mass is 15.7. The molecule has 0 aliphatic heterocycles. The summed E-state index contributed by atoms with van der Waals surface area (Å²) in [6, 6.07) is 0.265. The Hall–Kier alpha value is -0.640. The largest absolute Gasteiger partial charge is 0.220 e. The topological polar surface area (TPSA) is 40.0 Å². The highest BCUT2D eigenvalue weighted by Crippen LogP contribution is 1.87. The molecule has 54 valence electrons. The van der Waals surface area contributed by atoms with Crippen molar-refractivity contribution in [3.8, 4) is 0 Å². The van der Waals surface area contributed by atoms with Crippen LogP contribution >= 0.6 is 0 Å². The molecule has 0 aliphatic carbocycles. The fourth-order valence-corrected chi connectivity index (χ4v) is 0.225. The monoisotopic (exact) mass is 130 g/mol. The van der Waals surface area contributed by atoms with Crippen LogP contribution in [-0.4, -0.2) is 25.3 Å². The maximum Gasteiger partial charge on any atom is 0.0674 e. The summed E-state index contributed by atoms with van der Waals surface area (Å²) in [5.74, 6) is 0. The zero-order valence-electron chi connectivity index (χ0n) is 6.42. The van der Waals surface area contributed by atoms with Crippen molar-refractivity contribution in [1.29, 1.82) is 0 Å². The number of nitrogens with zero attached hydrogens (tertiary/aromatic N) is 3. The van der Waals surface area contributed by atoms with E-state index in [0.717, 1.165) is 0 Å². The van der Waals surface area contributed by atoms with E-state index in [2.05, 4.69) is 15.8 Å². The Morgan fingerprint density at radius 3 is 2.33 bits per heavy atom. The minimum atomic E-state index is 0.265. The molecule has 0 atom stereocenters. The number of nitrogens with one attached hydrogen (secondary N) is 1. The van der Waals surface area contributed by atoms with E-state index in [1.165, 1.54) is 0 Å². The predicted octanol–water partition coefficient (Wildman–Crippen LogP) is 0.828. The third kappa shape index (κ3) is 5.23. The summed E-state index contributed by atoms with van der Waals surface area (Å²) in [5.41, 5.74) is 2.79. The first-order valence-electron chi connectivity index (χ1n) is 2.98. The van der Waals surface area contributed by atoms with Crippen LogP contribution in [0.25, 0.3) is 0 Å². The van der Waals surface area contributed by atoms with E-state index in [4.69, 9.17) is 0 Å². The van der Waals surface area contributed by atoms with Crippen LogP contribution in [0, 0.1) is 0 Å². The van der Waals surface area contributed by atoms with E-state index >= 15 is 0 Å². The van der Waals surface area contributed by atoms with Crippen molar-refractivity contribution in [2.75, 3.05) is 14.1 Å². The first-order valence-corrected chi connectivity index (χ1v) is 2.98. The van der Waals surface area contributed by atoms with Gasteiger partial charge in [0, 0.05) is 14.1 Å². The van der Waals surface area contributed by atoms with Gasteiger partial charge in [-0.1, -0.05) is 5.22 Å². The third-order valence-corrected chi connectivity index (χ3v) is 0.740. The number of hydrazine groups is 1. The van der Waals surface area contributed by atoms with Gasteiger partial charge in [-0.3, -0.25) is 0 Å².